The Labute approximate surface area is 188 Å². The summed E-state index contributed by atoms with van der Waals surface area (Å²) in [7, 11) is 1.63. The van der Waals surface area contributed by atoms with Crippen molar-refractivity contribution in [3.05, 3.63) is 93.5 Å². The Balaban J connectivity index is 1.66. The molecule has 0 bridgehead atoms. The van der Waals surface area contributed by atoms with Gasteiger partial charge in [-0.2, -0.15) is 4.68 Å². The van der Waals surface area contributed by atoms with Crippen molar-refractivity contribution in [2.24, 2.45) is 0 Å². The van der Waals surface area contributed by atoms with Gasteiger partial charge in [0.1, 0.15) is 5.75 Å². The van der Waals surface area contributed by atoms with Crippen molar-refractivity contribution in [1.82, 2.24) is 19.5 Å². The van der Waals surface area contributed by atoms with Gasteiger partial charge in [0.2, 0.25) is 11.0 Å². The number of benzene rings is 2. The van der Waals surface area contributed by atoms with E-state index in [0.717, 1.165) is 16.9 Å². The monoisotopic (exact) mass is 453 g/mol. The largest absolute Gasteiger partial charge is 0.497 e. The predicted molar refractivity (Wildman–Crippen MR) is 124 cm³/mol. The number of aryl methyl sites for hydroxylation is 1. The number of anilines is 2. The number of hydrogen-bond acceptors (Lipinski definition) is 6. The molecule has 0 aliphatic heterocycles. The van der Waals surface area contributed by atoms with E-state index >= 15 is 0 Å². The van der Waals surface area contributed by atoms with Crippen LogP contribution >= 0.6 is 23.4 Å². The molecular formula is C22H20ClN5O2S. The van der Waals surface area contributed by atoms with Crippen molar-refractivity contribution < 1.29 is 4.74 Å². The summed E-state index contributed by atoms with van der Waals surface area (Å²) in [5.41, 5.74) is 2.34. The molecule has 1 N–H and O–H groups in total. The minimum Gasteiger partial charge on any atom is -0.497 e. The first-order valence-electron chi connectivity index (χ1n) is 9.47. The molecule has 0 amide bonds. The van der Waals surface area contributed by atoms with E-state index < -0.39 is 0 Å². The van der Waals surface area contributed by atoms with Crippen molar-refractivity contribution >= 4 is 34.9 Å². The number of nitrogens with zero attached hydrogens (tertiary/aromatic N) is 4. The fraction of sp³-hybridized carbons (Fsp3) is 0.136. The van der Waals surface area contributed by atoms with Gasteiger partial charge in [0.15, 0.2) is 0 Å². The standard InChI is InChI=1S/C22H20ClN5O2S/c1-15-8-9-17(13-19(15)23)24-20-21(29)28(27-10-3-4-11-27)22(26-25-20)31-14-16-6-5-7-18(12-16)30-2/h3-13H,14H2,1-2H3,(H,24,25). The third-order valence-electron chi connectivity index (χ3n) is 4.57. The molecule has 2 aromatic carbocycles. The first kappa shape index (κ1) is 21.0. The molecule has 0 aliphatic carbocycles. The lowest BCUT2D eigenvalue weighted by molar-refractivity contribution is 0.414. The van der Waals surface area contributed by atoms with E-state index in [1.807, 2.05) is 55.5 Å². The molecule has 0 atom stereocenters. The van der Waals surface area contributed by atoms with Crippen molar-refractivity contribution in [3.8, 4) is 5.75 Å². The van der Waals surface area contributed by atoms with Crippen LogP contribution in [0.1, 0.15) is 11.1 Å². The number of nitrogens with one attached hydrogen (secondary N) is 1. The maximum Gasteiger partial charge on any atom is 0.316 e. The van der Waals surface area contributed by atoms with Gasteiger partial charge in [-0.3, -0.25) is 9.47 Å². The number of aromatic nitrogens is 4. The van der Waals surface area contributed by atoms with Gasteiger partial charge in [0, 0.05) is 28.9 Å². The van der Waals surface area contributed by atoms with Gasteiger partial charge in [0.25, 0.3) is 0 Å². The summed E-state index contributed by atoms with van der Waals surface area (Å²) >= 11 is 7.62. The predicted octanol–water partition coefficient (Wildman–Crippen LogP) is 4.76. The molecule has 4 aromatic rings. The summed E-state index contributed by atoms with van der Waals surface area (Å²) in [6.45, 7) is 1.92. The third-order valence-corrected chi connectivity index (χ3v) is 5.97. The van der Waals surface area contributed by atoms with Gasteiger partial charge in [-0.15, -0.1) is 10.2 Å². The second-order valence-electron chi connectivity index (χ2n) is 6.74. The smallest absolute Gasteiger partial charge is 0.316 e. The van der Waals surface area contributed by atoms with E-state index in [1.165, 1.54) is 16.4 Å². The Hall–Kier alpha value is -3.23. The molecule has 7 nitrogen and oxygen atoms in total. The van der Waals surface area contributed by atoms with Crippen molar-refractivity contribution in [3.63, 3.8) is 0 Å². The van der Waals surface area contributed by atoms with Crippen LogP contribution < -0.4 is 15.6 Å². The van der Waals surface area contributed by atoms with Gasteiger partial charge < -0.3 is 10.1 Å². The Kier molecular flexibility index (Phi) is 6.29. The van der Waals surface area contributed by atoms with Gasteiger partial charge in [0.05, 0.1) is 7.11 Å². The SMILES string of the molecule is COc1cccc(CSc2nnc(Nc3ccc(C)c(Cl)c3)c(=O)n2-n2cccc2)c1. The zero-order chi connectivity index (χ0) is 21.8. The number of thioether (sulfide) groups is 1. The molecule has 4 rings (SSSR count). The molecule has 0 unspecified atom stereocenters. The van der Waals surface area contributed by atoms with E-state index in [-0.39, 0.29) is 11.4 Å². The average molecular weight is 454 g/mol. The molecule has 0 saturated heterocycles. The number of hydrogen-bond donors (Lipinski definition) is 1. The van der Waals surface area contributed by atoms with Crippen molar-refractivity contribution in [2.45, 2.75) is 17.8 Å². The number of ether oxygens (including phenoxy) is 1. The van der Waals surface area contributed by atoms with Crippen molar-refractivity contribution in [2.75, 3.05) is 12.4 Å². The second-order valence-corrected chi connectivity index (χ2v) is 8.09. The minimum atomic E-state index is -0.323. The topological polar surface area (TPSA) is 74.0 Å². The fourth-order valence-corrected chi connectivity index (χ4v) is 3.97. The minimum absolute atomic E-state index is 0.111. The fourth-order valence-electron chi connectivity index (χ4n) is 2.91. The maximum atomic E-state index is 13.3. The van der Waals surface area contributed by atoms with Crippen LogP contribution in [0.15, 0.2) is 76.9 Å². The van der Waals surface area contributed by atoms with Crippen LogP contribution in [0.4, 0.5) is 11.5 Å². The molecular weight excluding hydrogens is 434 g/mol. The Morgan fingerprint density at radius 3 is 2.65 bits per heavy atom. The van der Waals surface area contributed by atoms with E-state index in [1.54, 1.807) is 30.2 Å². The molecule has 0 fully saturated rings. The second kappa shape index (κ2) is 9.28. The van der Waals surface area contributed by atoms with E-state index in [2.05, 4.69) is 15.5 Å². The van der Waals surface area contributed by atoms with E-state index in [4.69, 9.17) is 16.3 Å². The number of rotatable bonds is 7. The summed E-state index contributed by atoms with van der Waals surface area (Å²) < 4.78 is 8.44. The molecule has 158 valence electrons. The van der Waals surface area contributed by atoms with Crippen LogP contribution in [0.3, 0.4) is 0 Å². The highest BCUT2D eigenvalue weighted by Gasteiger charge is 2.15. The molecule has 9 heteroatoms. The molecule has 0 aliphatic rings. The molecule has 2 heterocycles. The molecule has 2 aromatic heterocycles. The Morgan fingerprint density at radius 2 is 1.90 bits per heavy atom. The summed E-state index contributed by atoms with van der Waals surface area (Å²) in [5.74, 6) is 1.50. The molecule has 31 heavy (non-hydrogen) atoms. The Bertz CT molecular complexity index is 1260. The highest BCUT2D eigenvalue weighted by Crippen LogP contribution is 2.24. The quantitative estimate of drug-likeness (QED) is 0.407. The van der Waals surface area contributed by atoms with Gasteiger partial charge in [-0.05, 0) is 54.4 Å². The summed E-state index contributed by atoms with van der Waals surface area (Å²) in [6.07, 6.45) is 3.57. The lowest BCUT2D eigenvalue weighted by Crippen LogP contribution is -2.30. The molecule has 0 radical (unpaired) electrons. The maximum absolute atomic E-state index is 13.3. The summed E-state index contributed by atoms with van der Waals surface area (Å²) in [5, 5.41) is 12.6. The highest BCUT2D eigenvalue weighted by molar-refractivity contribution is 7.98. The first-order chi connectivity index (χ1) is 15.0. The molecule has 0 spiro atoms. The zero-order valence-electron chi connectivity index (χ0n) is 16.9. The average Bonchev–Trinajstić information content (AvgIpc) is 3.31. The highest BCUT2D eigenvalue weighted by atomic mass is 35.5. The summed E-state index contributed by atoms with van der Waals surface area (Å²) in [4.78, 5) is 13.3. The van der Waals surface area contributed by atoms with Gasteiger partial charge in [-0.1, -0.05) is 41.6 Å². The normalized spacial score (nSPS) is 10.8. The van der Waals surface area contributed by atoms with Crippen LogP contribution in [-0.4, -0.2) is 26.7 Å². The first-order valence-corrected chi connectivity index (χ1v) is 10.8. The Morgan fingerprint density at radius 1 is 1.10 bits per heavy atom. The number of methoxy groups -OCH3 is 1. The van der Waals surface area contributed by atoms with Crippen LogP contribution in [0.2, 0.25) is 5.02 Å². The van der Waals surface area contributed by atoms with Gasteiger partial charge >= 0.3 is 5.56 Å². The zero-order valence-corrected chi connectivity index (χ0v) is 18.5. The lowest BCUT2D eigenvalue weighted by atomic mass is 10.2. The van der Waals surface area contributed by atoms with E-state index in [0.29, 0.717) is 21.6 Å². The third kappa shape index (κ3) is 4.76. The van der Waals surface area contributed by atoms with Gasteiger partial charge in [-0.25, -0.2) is 0 Å². The number of halogens is 1. The van der Waals surface area contributed by atoms with Crippen molar-refractivity contribution in [1.29, 1.82) is 0 Å². The van der Waals surface area contributed by atoms with Crippen LogP contribution in [-0.2, 0) is 5.75 Å². The molecule has 0 saturated carbocycles. The van der Waals surface area contributed by atoms with Crippen LogP contribution in [0.25, 0.3) is 0 Å². The van der Waals surface area contributed by atoms with Crippen LogP contribution in [0.5, 0.6) is 5.75 Å². The van der Waals surface area contributed by atoms with E-state index in [9.17, 15) is 4.79 Å². The summed E-state index contributed by atoms with van der Waals surface area (Å²) in [6, 6.07) is 16.9. The van der Waals surface area contributed by atoms with Crippen LogP contribution in [0, 0.1) is 6.92 Å². The lowest BCUT2D eigenvalue weighted by Gasteiger charge is -2.14.